The second-order valence-corrected chi connectivity index (χ2v) is 2.29. The molecule has 4 heteroatoms. The highest BCUT2D eigenvalue weighted by Gasteiger charge is 2.25. The highest BCUT2D eigenvalue weighted by atomic mass is 16.6. The molecule has 0 aliphatic carbocycles. The number of carbonyl (C=O) groups is 1. The smallest absolute Gasteiger partial charge is 0.408 e. The first-order chi connectivity index (χ1) is 5.36. The van der Waals surface area contributed by atoms with Crippen LogP contribution in [0.15, 0.2) is 22.8 Å². The number of hydrogen-bond donors (Lipinski definition) is 1. The summed E-state index contributed by atoms with van der Waals surface area (Å²) in [5.74, 6) is 0.684. The van der Waals surface area contributed by atoms with Crippen LogP contribution in [-0.4, -0.2) is 12.6 Å². The lowest BCUT2D eigenvalue weighted by Gasteiger charge is -2.01. The molecule has 0 saturated carbocycles. The number of furan rings is 1. The normalized spacial score (nSPS) is 22.9. The Bertz CT molecular complexity index is 255. The maximum absolute atomic E-state index is 10.6. The molecule has 1 aliphatic rings. The largest absolute Gasteiger partial charge is 0.465 e. The number of hydrogen-bond acceptors (Lipinski definition) is 3. The molecule has 1 atom stereocenters. The van der Waals surface area contributed by atoms with Crippen LogP contribution in [0.3, 0.4) is 0 Å². The number of cyclic esters (lactones) is 1. The summed E-state index contributed by atoms with van der Waals surface area (Å²) in [4.78, 5) is 10.6. The molecule has 0 unspecified atom stereocenters. The molecule has 1 aromatic rings. The fourth-order valence-electron chi connectivity index (χ4n) is 1.02. The van der Waals surface area contributed by atoms with Crippen LogP contribution in [0.2, 0.25) is 0 Å². The van der Waals surface area contributed by atoms with E-state index in [1.54, 1.807) is 18.4 Å². The molecule has 2 heterocycles. The van der Waals surface area contributed by atoms with Crippen molar-refractivity contribution in [1.29, 1.82) is 0 Å². The number of alkyl carbamates (subject to hydrolysis) is 1. The van der Waals surface area contributed by atoms with Gasteiger partial charge in [-0.1, -0.05) is 0 Å². The van der Waals surface area contributed by atoms with Crippen molar-refractivity contribution >= 4 is 6.09 Å². The summed E-state index contributed by atoms with van der Waals surface area (Å²) < 4.78 is 9.91. The molecule has 0 spiro atoms. The van der Waals surface area contributed by atoms with Crippen LogP contribution in [0.4, 0.5) is 4.79 Å². The van der Waals surface area contributed by atoms with Crippen LogP contribution in [0, 0.1) is 0 Å². The Morgan fingerprint density at radius 2 is 2.55 bits per heavy atom. The van der Waals surface area contributed by atoms with Gasteiger partial charge in [0, 0.05) is 0 Å². The zero-order chi connectivity index (χ0) is 7.68. The lowest BCUT2D eigenvalue weighted by atomic mass is 10.3. The molecule has 1 N–H and O–H groups in total. The van der Waals surface area contributed by atoms with Crippen molar-refractivity contribution in [3.05, 3.63) is 24.2 Å². The van der Waals surface area contributed by atoms with Crippen LogP contribution in [0.1, 0.15) is 11.9 Å². The molecule has 1 aromatic heterocycles. The van der Waals surface area contributed by atoms with Gasteiger partial charge in [0.15, 0.2) is 6.10 Å². The molecule has 0 bridgehead atoms. The summed E-state index contributed by atoms with van der Waals surface area (Å²) >= 11 is 0. The van der Waals surface area contributed by atoms with E-state index in [0.717, 1.165) is 0 Å². The molecule has 0 radical (unpaired) electrons. The summed E-state index contributed by atoms with van der Waals surface area (Å²) in [7, 11) is 0. The maximum Gasteiger partial charge on any atom is 0.408 e. The van der Waals surface area contributed by atoms with Gasteiger partial charge in [0.2, 0.25) is 0 Å². The van der Waals surface area contributed by atoms with Gasteiger partial charge in [-0.25, -0.2) is 4.79 Å². The minimum atomic E-state index is -0.383. The lowest BCUT2D eigenvalue weighted by Crippen LogP contribution is -2.12. The molecule has 1 amide bonds. The minimum Gasteiger partial charge on any atom is -0.465 e. The molecular formula is C7H7NO3. The van der Waals surface area contributed by atoms with Crippen molar-refractivity contribution in [2.24, 2.45) is 0 Å². The Kier molecular flexibility index (Phi) is 1.31. The average molecular weight is 153 g/mol. The van der Waals surface area contributed by atoms with Crippen LogP contribution in [0.5, 0.6) is 0 Å². The Morgan fingerprint density at radius 3 is 3.09 bits per heavy atom. The van der Waals surface area contributed by atoms with Crippen molar-refractivity contribution in [2.45, 2.75) is 6.10 Å². The first-order valence-corrected chi connectivity index (χ1v) is 3.34. The van der Waals surface area contributed by atoms with Crippen LogP contribution in [0.25, 0.3) is 0 Å². The molecule has 4 nitrogen and oxygen atoms in total. The van der Waals surface area contributed by atoms with E-state index in [4.69, 9.17) is 9.15 Å². The third-order valence-electron chi connectivity index (χ3n) is 1.54. The molecule has 11 heavy (non-hydrogen) atoms. The van der Waals surface area contributed by atoms with Gasteiger partial charge in [-0.2, -0.15) is 0 Å². The number of amides is 1. The zero-order valence-electron chi connectivity index (χ0n) is 5.74. The molecule has 1 aliphatic heterocycles. The molecule has 0 aromatic carbocycles. The standard InChI is InChI=1S/C7H7NO3/c9-7-8-4-6(11-7)5-2-1-3-10-5/h1-3,6H,4H2,(H,8,9)/t6-/m0/s1. The van der Waals surface area contributed by atoms with E-state index in [2.05, 4.69) is 5.32 Å². The maximum atomic E-state index is 10.6. The first-order valence-electron chi connectivity index (χ1n) is 3.34. The van der Waals surface area contributed by atoms with Crippen molar-refractivity contribution in [1.82, 2.24) is 5.32 Å². The Hall–Kier alpha value is -1.45. The Balaban J connectivity index is 2.13. The van der Waals surface area contributed by atoms with Gasteiger partial charge in [-0.05, 0) is 12.1 Å². The monoisotopic (exact) mass is 153 g/mol. The van der Waals surface area contributed by atoms with Gasteiger partial charge in [0.05, 0.1) is 12.8 Å². The second-order valence-electron chi connectivity index (χ2n) is 2.29. The van der Waals surface area contributed by atoms with Gasteiger partial charge < -0.3 is 14.5 Å². The predicted molar refractivity (Wildman–Crippen MR) is 35.9 cm³/mol. The second kappa shape index (κ2) is 2.30. The van der Waals surface area contributed by atoms with Gasteiger partial charge in [-0.15, -0.1) is 0 Å². The predicted octanol–water partition coefficient (Wildman–Crippen LogP) is 1.06. The number of carbonyl (C=O) groups excluding carboxylic acids is 1. The molecular weight excluding hydrogens is 146 g/mol. The zero-order valence-corrected chi connectivity index (χ0v) is 5.74. The Morgan fingerprint density at radius 1 is 1.64 bits per heavy atom. The van der Waals surface area contributed by atoms with Gasteiger partial charge in [0.25, 0.3) is 0 Å². The summed E-state index contributed by atoms with van der Waals surface area (Å²) in [5, 5.41) is 2.54. The van der Waals surface area contributed by atoms with Crippen molar-refractivity contribution in [2.75, 3.05) is 6.54 Å². The summed E-state index contributed by atoms with van der Waals surface area (Å²) in [6.07, 6.45) is 0.922. The summed E-state index contributed by atoms with van der Waals surface area (Å²) in [6.45, 7) is 0.492. The van der Waals surface area contributed by atoms with Gasteiger partial charge in [0.1, 0.15) is 5.76 Å². The van der Waals surface area contributed by atoms with E-state index in [0.29, 0.717) is 12.3 Å². The van der Waals surface area contributed by atoms with Gasteiger partial charge in [-0.3, -0.25) is 0 Å². The third-order valence-corrected chi connectivity index (χ3v) is 1.54. The van der Waals surface area contributed by atoms with Crippen molar-refractivity contribution < 1.29 is 13.9 Å². The van der Waals surface area contributed by atoms with E-state index in [9.17, 15) is 4.79 Å². The van der Waals surface area contributed by atoms with Crippen LogP contribution < -0.4 is 5.32 Å². The van der Waals surface area contributed by atoms with Crippen molar-refractivity contribution in [3.8, 4) is 0 Å². The lowest BCUT2D eigenvalue weighted by molar-refractivity contribution is 0.128. The van der Waals surface area contributed by atoms with E-state index in [-0.39, 0.29) is 12.2 Å². The topological polar surface area (TPSA) is 51.5 Å². The first kappa shape index (κ1) is 6.27. The quantitative estimate of drug-likeness (QED) is 0.656. The van der Waals surface area contributed by atoms with E-state index >= 15 is 0 Å². The highest BCUT2D eigenvalue weighted by Crippen LogP contribution is 2.20. The van der Waals surface area contributed by atoms with E-state index < -0.39 is 0 Å². The Labute approximate surface area is 63.1 Å². The average Bonchev–Trinajstić information content (AvgIpc) is 2.55. The van der Waals surface area contributed by atoms with E-state index in [1.807, 2.05) is 0 Å². The number of rotatable bonds is 1. The number of nitrogens with one attached hydrogen (secondary N) is 1. The summed E-state index contributed by atoms with van der Waals surface area (Å²) in [6, 6.07) is 3.55. The molecule has 1 fully saturated rings. The third kappa shape index (κ3) is 1.07. The fraction of sp³-hybridized carbons (Fsp3) is 0.286. The highest BCUT2D eigenvalue weighted by molar-refractivity contribution is 5.69. The van der Waals surface area contributed by atoms with Gasteiger partial charge >= 0.3 is 6.09 Å². The van der Waals surface area contributed by atoms with Crippen molar-refractivity contribution in [3.63, 3.8) is 0 Å². The SMILES string of the molecule is O=C1NC[C@@H](c2ccco2)O1. The van der Waals surface area contributed by atoms with Crippen LogP contribution in [-0.2, 0) is 4.74 Å². The summed E-state index contributed by atoms with van der Waals surface area (Å²) in [5.41, 5.74) is 0. The fourth-order valence-corrected chi connectivity index (χ4v) is 1.02. The van der Waals surface area contributed by atoms with E-state index in [1.165, 1.54) is 0 Å². The number of ether oxygens (including phenoxy) is 1. The molecule has 1 saturated heterocycles. The molecule has 2 rings (SSSR count). The molecule has 58 valence electrons. The van der Waals surface area contributed by atoms with Crippen LogP contribution >= 0.6 is 0 Å². The minimum absolute atomic E-state index is 0.252.